The van der Waals surface area contributed by atoms with Gasteiger partial charge in [0.05, 0.1) is 21.1 Å². The number of nitrogens with one attached hydrogen (secondary N) is 1. The molecule has 5 nitrogen and oxygen atoms in total. The van der Waals surface area contributed by atoms with Crippen LogP contribution in [0.1, 0.15) is 35.7 Å². The largest absolute Gasteiger partial charge is 0.491 e. The normalized spacial score (nSPS) is 10.6. The molecule has 0 atom stereocenters. The van der Waals surface area contributed by atoms with E-state index in [1.807, 2.05) is 44.3 Å². The predicted octanol–water partition coefficient (Wildman–Crippen LogP) is 5.58. The third kappa shape index (κ3) is 7.39. The second-order valence-electron chi connectivity index (χ2n) is 6.75. The second kappa shape index (κ2) is 12.5. The first-order valence-corrected chi connectivity index (χ1v) is 12.1. The Morgan fingerprint density at radius 1 is 1.07 bits per heavy atom. The molecule has 0 aliphatic rings. The second-order valence-corrected chi connectivity index (χ2v) is 9.31. The van der Waals surface area contributed by atoms with Gasteiger partial charge in [-0.25, -0.2) is 0 Å². The quantitative estimate of drug-likeness (QED) is 0.360. The molecule has 0 heterocycles. The molecule has 0 aromatic heterocycles. The van der Waals surface area contributed by atoms with Crippen molar-refractivity contribution in [3.8, 4) is 5.75 Å². The molecule has 0 aliphatic carbocycles. The number of amides is 2. The van der Waals surface area contributed by atoms with Gasteiger partial charge in [0, 0.05) is 31.0 Å². The zero-order chi connectivity index (χ0) is 22.1. The van der Waals surface area contributed by atoms with Crippen LogP contribution in [-0.2, 0) is 11.2 Å². The maximum absolute atomic E-state index is 12.2. The molecule has 0 unspecified atom stereocenters. The van der Waals surface area contributed by atoms with Crippen molar-refractivity contribution < 1.29 is 14.3 Å². The van der Waals surface area contributed by atoms with Gasteiger partial charge < -0.3 is 15.0 Å². The summed E-state index contributed by atoms with van der Waals surface area (Å²) in [5.74, 6) is 0.759. The van der Waals surface area contributed by atoms with Crippen LogP contribution in [0.15, 0.2) is 49.8 Å². The van der Waals surface area contributed by atoms with E-state index in [4.69, 9.17) is 4.74 Å². The van der Waals surface area contributed by atoms with E-state index < -0.39 is 0 Å². The molecule has 0 saturated carbocycles. The fraction of sp³-hybridized carbons (Fsp3) is 0.364. The Bertz CT molecular complexity index is 867. The first-order valence-electron chi connectivity index (χ1n) is 9.70. The van der Waals surface area contributed by atoms with E-state index in [2.05, 4.69) is 53.1 Å². The minimum absolute atomic E-state index is 0.110. The lowest BCUT2D eigenvalue weighted by Crippen LogP contribution is -2.27. The Labute approximate surface area is 202 Å². The van der Waals surface area contributed by atoms with Crippen molar-refractivity contribution in [3.63, 3.8) is 0 Å². The van der Waals surface area contributed by atoms with E-state index in [-0.39, 0.29) is 11.8 Å². The maximum Gasteiger partial charge on any atom is 0.252 e. The van der Waals surface area contributed by atoms with Crippen LogP contribution in [0.2, 0.25) is 0 Å². The number of likely N-dealkylation sites (N-methyl/N-ethyl adjacent to an activating group) is 1. The summed E-state index contributed by atoms with van der Waals surface area (Å²) in [5.41, 5.74) is 1.73. The van der Waals surface area contributed by atoms with Crippen molar-refractivity contribution in [2.75, 3.05) is 26.7 Å². The fourth-order valence-corrected chi connectivity index (χ4v) is 4.75. The molecule has 0 saturated heterocycles. The maximum atomic E-state index is 12.2. The molecule has 2 aromatic carbocycles. The Kier molecular flexibility index (Phi) is 10.3. The molecular weight excluding hydrogens is 580 g/mol. The smallest absolute Gasteiger partial charge is 0.252 e. The summed E-state index contributed by atoms with van der Waals surface area (Å²) in [6.07, 6.45) is 1.96. The summed E-state index contributed by atoms with van der Waals surface area (Å²) < 4.78 is 8.38. The molecule has 162 valence electrons. The van der Waals surface area contributed by atoms with Crippen LogP contribution < -0.4 is 10.1 Å². The highest BCUT2D eigenvalue weighted by molar-refractivity contribution is 9.11. The van der Waals surface area contributed by atoms with E-state index in [9.17, 15) is 9.59 Å². The predicted molar refractivity (Wildman–Crippen MR) is 130 cm³/mol. The van der Waals surface area contributed by atoms with Gasteiger partial charge in [-0.3, -0.25) is 9.59 Å². The summed E-state index contributed by atoms with van der Waals surface area (Å²) >= 11 is 10.5. The first kappa shape index (κ1) is 24.9. The molecule has 2 rings (SSSR count). The molecule has 1 N–H and O–H groups in total. The molecule has 0 radical (unpaired) electrons. The highest BCUT2D eigenvalue weighted by Crippen LogP contribution is 2.35. The summed E-state index contributed by atoms with van der Waals surface area (Å²) in [6.45, 7) is 3.53. The van der Waals surface area contributed by atoms with Gasteiger partial charge in [-0.05, 0) is 90.5 Å². The van der Waals surface area contributed by atoms with Crippen molar-refractivity contribution in [1.29, 1.82) is 0 Å². The summed E-state index contributed by atoms with van der Waals surface area (Å²) in [6, 6.07) is 11.4. The molecular formula is C22H25Br3N2O3. The van der Waals surface area contributed by atoms with Gasteiger partial charge in [0.2, 0.25) is 5.91 Å². The van der Waals surface area contributed by atoms with Crippen LogP contribution in [0.4, 0.5) is 0 Å². The standard InChI is InChI=1S/C22H25Br3N2O3/c1-3-20(28)27(2)11-9-15-13-18(24)21(19(25)14-15)30-12-6-10-26-22(29)16-7-4-5-8-17(16)23/h4-5,7-8,13-14H,3,6,9-12H2,1-2H3,(H,26,29). The Hall–Kier alpha value is -1.38. The number of rotatable bonds is 10. The molecule has 0 aliphatic heterocycles. The van der Waals surface area contributed by atoms with Crippen LogP contribution in [0.5, 0.6) is 5.75 Å². The minimum atomic E-state index is -0.110. The summed E-state index contributed by atoms with van der Waals surface area (Å²) in [4.78, 5) is 25.6. The van der Waals surface area contributed by atoms with Gasteiger partial charge in [-0.2, -0.15) is 0 Å². The number of benzene rings is 2. The van der Waals surface area contributed by atoms with E-state index in [1.54, 1.807) is 11.0 Å². The minimum Gasteiger partial charge on any atom is -0.491 e. The lowest BCUT2D eigenvalue weighted by Gasteiger charge is -2.17. The van der Waals surface area contributed by atoms with Crippen LogP contribution in [-0.4, -0.2) is 43.5 Å². The van der Waals surface area contributed by atoms with Gasteiger partial charge in [-0.1, -0.05) is 19.1 Å². The van der Waals surface area contributed by atoms with Gasteiger partial charge in [0.15, 0.2) is 0 Å². The number of carbonyl (C=O) groups is 2. The molecule has 8 heteroatoms. The number of carbonyl (C=O) groups excluding carboxylic acids is 2. The van der Waals surface area contributed by atoms with Gasteiger partial charge in [0.25, 0.3) is 5.91 Å². The van der Waals surface area contributed by atoms with Gasteiger partial charge in [0.1, 0.15) is 5.75 Å². The number of halogens is 3. The van der Waals surface area contributed by atoms with Crippen LogP contribution in [0.25, 0.3) is 0 Å². The Morgan fingerprint density at radius 3 is 2.37 bits per heavy atom. The zero-order valence-corrected chi connectivity index (χ0v) is 21.8. The highest BCUT2D eigenvalue weighted by Gasteiger charge is 2.12. The fourth-order valence-electron chi connectivity index (χ4n) is 2.77. The Balaban J connectivity index is 1.81. The average molecular weight is 605 g/mol. The Morgan fingerprint density at radius 2 is 1.73 bits per heavy atom. The average Bonchev–Trinajstić information content (AvgIpc) is 2.72. The highest BCUT2D eigenvalue weighted by atomic mass is 79.9. The first-order chi connectivity index (χ1) is 14.3. The molecule has 0 bridgehead atoms. The van der Waals surface area contributed by atoms with Gasteiger partial charge >= 0.3 is 0 Å². The molecule has 2 amide bonds. The lowest BCUT2D eigenvalue weighted by molar-refractivity contribution is -0.129. The van der Waals surface area contributed by atoms with E-state index in [0.717, 1.165) is 31.2 Å². The van der Waals surface area contributed by atoms with Crippen LogP contribution in [0.3, 0.4) is 0 Å². The molecule has 0 spiro atoms. The number of hydrogen-bond donors (Lipinski definition) is 1. The monoisotopic (exact) mass is 602 g/mol. The lowest BCUT2D eigenvalue weighted by atomic mass is 10.1. The number of ether oxygens (including phenoxy) is 1. The summed E-state index contributed by atoms with van der Waals surface area (Å²) in [7, 11) is 1.82. The molecule has 0 fully saturated rings. The van der Waals surface area contributed by atoms with Crippen LogP contribution >= 0.6 is 47.8 Å². The zero-order valence-electron chi connectivity index (χ0n) is 17.0. The van der Waals surface area contributed by atoms with Gasteiger partial charge in [-0.15, -0.1) is 0 Å². The molecule has 30 heavy (non-hydrogen) atoms. The van der Waals surface area contributed by atoms with Crippen molar-refractivity contribution in [3.05, 3.63) is 60.9 Å². The van der Waals surface area contributed by atoms with Crippen molar-refractivity contribution in [2.24, 2.45) is 0 Å². The summed E-state index contributed by atoms with van der Waals surface area (Å²) in [5, 5.41) is 2.90. The number of hydrogen-bond acceptors (Lipinski definition) is 3. The van der Waals surface area contributed by atoms with E-state index in [0.29, 0.717) is 38.1 Å². The SMILES string of the molecule is CCC(=O)N(C)CCc1cc(Br)c(OCCCNC(=O)c2ccccc2Br)c(Br)c1. The third-order valence-corrected chi connectivity index (χ3v) is 6.36. The topological polar surface area (TPSA) is 58.6 Å². The van der Waals surface area contributed by atoms with E-state index >= 15 is 0 Å². The van der Waals surface area contributed by atoms with Crippen molar-refractivity contribution in [1.82, 2.24) is 10.2 Å². The molecule has 2 aromatic rings. The van der Waals surface area contributed by atoms with Crippen molar-refractivity contribution in [2.45, 2.75) is 26.2 Å². The van der Waals surface area contributed by atoms with Crippen LogP contribution in [0, 0.1) is 0 Å². The van der Waals surface area contributed by atoms with Crippen molar-refractivity contribution >= 4 is 59.6 Å². The van der Waals surface area contributed by atoms with E-state index in [1.165, 1.54) is 0 Å². The third-order valence-electron chi connectivity index (χ3n) is 4.49. The number of nitrogens with zero attached hydrogens (tertiary/aromatic N) is 1.